The van der Waals surface area contributed by atoms with Crippen molar-refractivity contribution in [3.63, 3.8) is 0 Å². The second kappa shape index (κ2) is 8.55. The van der Waals surface area contributed by atoms with Gasteiger partial charge < -0.3 is 0 Å². The van der Waals surface area contributed by atoms with Gasteiger partial charge in [0.2, 0.25) is 0 Å². The van der Waals surface area contributed by atoms with E-state index in [9.17, 15) is 0 Å². The van der Waals surface area contributed by atoms with E-state index in [1.165, 1.54) is 70.6 Å². The molecule has 0 nitrogen and oxygen atoms in total. The van der Waals surface area contributed by atoms with Crippen molar-refractivity contribution in [2.24, 2.45) is 46.3 Å². The van der Waals surface area contributed by atoms with Gasteiger partial charge in [-0.25, -0.2) is 0 Å². The predicted molar refractivity (Wildman–Crippen MR) is 130 cm³/mol. The minimum atomic E-state index is 0.539. The van der Waals surface area contributed by atoms with Gasteiger partial charge in [0.05, 0.1) is 0 Å². The van der Waals surface area contributed by atoms with Gasteiger partial charge in [0, 0.05) is 5.25 Å². The van der Waals surface area contributed by atoms with E-state index in [1.54, 1.807) is 0 Å². The fourth-order valence-corrected chi connectivity index (χ4v) is 9.55. The van der Waals surface area contributed by atoms with Gasteiger partial charge in [-0.15, -0.1) is 0 Å². The van der Waals surface area contributed by atoms with E-state index in [-0.39, 0.29) is 0 Å². The average molecular weight is 417 g/mol. The summed E-state index contributed by atoms with van der Waals surface area (Å²) >= 11 is 2.12. The van der Waals surface area contributed by atoms with Crippen LogP contribution in [0.3, 0.4) is 0 Å². The summed E-state index contributed by atoms with van der Waals surface area (Å²) < 4.78 is 0. The number of hydrogen-bond acceptors (Lipinski definition) is 1. The van der Waals surface area contributed by atoms with Gasteiger partial charge in [-0.2, -0.15) is 11.8 Å². The number of hydrogen-bond donors (Lipinski definition) is 0. The van der Waals surface area contributed by atoms with Gasteiger partial charge in [-0.05, 0) is 104 Å². The summed E-state index contributed by atoms with van der Waals surface area (Å²) in [6, 6.07) is 0. The molecule has 0 unspecified atom stereocenters. The number of allylic oxidation sites excluding steroid dienone is 2. The lowest BCUT2D eigenvalue weighted by atomic mass is 9.47. The second-order valence-electron chi connectivity index (χ2n) is 12.4. The molecule has 0 bridgehead atoms. The van der Waals surface area contributed by atoms with Crippen LogP contribution in [0, 0.1) is 46.3 Å². The molecule has 3 fully saturated rings. The lowest BCUT2D eigenvalue weighted by Crippen LogP contribution is -2.50. The quantitative estimate of drug-likeness (QED) is 0.390. The largest absolute Gasteiger partial charge is 0.162 e. The fourth-order valence-electron chi connectivity index (χ4n) is 8.85. The summed E-state index contributed by atoms with van der Waals surface area (Å²) in [5, 5.41) is 0.891. The smallest absolute Gasteiger partial charge is 0.00819 e. The Bertz CT molecular complexity index is 605. The number of rotatable bonds is 6. The summed E-state index contributed by atoms with van der Waals surface area (Å²) in [4.78, 5) is 0. The normalized spacial score (nSPS) is 45.3. The summed E-state index contributed by atoms with van der Waals surface area (Å²) in [5.41, 5.74) is 3.04. The van der Waals surface area contributed by atoms with Gasteiger partial charge in [0.15, 0.2) is 0 Å². The molecule has 0 aromatic heterocycles. The van der Waals surface area contributed by atoms with Crippen LogP contribution < -0.4 is 0 Å². The van der Waals surface area contributed by atoms with E-state index in [4.69, 9.17) is 0 Å². The van der Waals surface area contributed by atoms with Crippen molar-refractivity contribution in [2.45, 2.75) is 110 Å². The molecule has 0 heterocycles. The van der Waals surface area contributed by atoms with Gasteiger partial charge in [-0.3, -0.25) is 0 Å². The molecule has 0 saturated heterocycles. The van der Waals surface area contributed by atoms with Gasteiger partial charge in [0.1, 0.15) is 0 Å². The monoisotopic (exact) mass is 416 g/mol. The molecule has 0 amide bonds. The molecule has 166 valence electrons. The number of fused-ring (bicyclic) bond motifs is 5. The zero-order chi connectivity index (χ0) is 20.8. The molecule has 4 aliphatic rings. The van der Waals surface area contributed by atoms with Crippen LogP contribution in [0.1, 0.15) is 105 Å². The van der Waals surface area contributed by atoms with Crippen molar-refractivity contribution in [1.82, 2.24) is 0 Å². The molecule has 0 aromatic carbocycles. The molecule has 4 rings (SSSR count). The molecular formula is C28H48S. The van der Waals surface area contributed by atoms with Crippen molar-refractivity contribution in [3.05, 3.63) is 11.6 Å². The molecule has 8 atom stereocenters. The highest BCUT2D eigenvalue weighted by molar-refractivity contribution is 7.99. The van der Waals surface area contributed by atoms with Crippen molar-refractivity contribution >= 4 is 11.8 Å². The minimum absolute atomic E-state index is 0.539. The maximum Gasteiger partial charge on any atom is 0.00819 e. The van der Waals surface area contributed by atoms with E-state index < -0.39 is 0 Å². The van der Waals surface area contributed by atoms with Gasteiger partial charge in [-0.1, -0.05) is 65.5 Å². The highest BCUT2D eigenvalue weighted by Gasteiger charge is 2.59. The highest BCUT2D eigenvalue weighted by Crippen LogP contribution is 2.67. The Morgan fingerprint density at radius 3 is 2.52 bits per heavy atom. The zero-order valence-corrected chi connectivity index (χ0v) is 21.1. The predicted octanol–water partition coefficient (Wildman–Crippen LogP) is 8.76. The summed E-state index contributed by atoms with van der Waals surface area (Å²) in [7, 11) is 0. The Morgan fingerprint density at radius 1 is 1.00 bits per heavy atom. The lowest BCUT2D eigenvalue weighted by molar-refractivity contribution is -0.0497. The molecule has 3 saturated carbocycles. The Hall–Kier alpha value is 0.0900. The Labute approximate surface area is 186 Å². The van der Waals surface area contributed by atoms with Crippen LogP contribution in [-0.2, 0) is 0 Å². The van der Waals surface area contributed by atoms with Crippen LogP contribution in [0.25, 0.3) is 0 Å². The maximum absolute atomic E-state index is 2.76. The topological polar surface area (TPSA) is 0 Å². The maximum atomic E-state index is 2.76. The van der Waals surface area contributed by atoms with E-state index >= 15 is 0 Å². The van der Waals surface area contributed by atoms with E-state index in [1.807, 2.05) is 5.57 Å². The Balaban J connectivity index is 1.48. The van der Waals surface area contributed by atoms with Crippen molar-refractivity contribution in [1.29, 1.82) is 0 Å². The minimum Gasteiger partial charge on any atom is -0.162 e. The standard InChI is InChI=1S/C28H48S/c1-19(2)8-7-9-20(3)24-12-13-25-23-11-10-21-18-22(29-6)14-16-27(21,4)26(23)15-17-28(24,25)5/h10,19-20,22-26H,7-9,11-18H2,1-6H3/t20-,22-,23+,24-,25+,26+,27-,28+/m0/s1. The van der Waals surface area contributed by atoms with Crippen molar-refractivity contribution in [3.8, 4) is 0 Å². The van der Waals surface area contributed by atoms with Crippen LogP contribution in [0.15, 0.2) is 11.6 Å². The molecule has 4 aliphatic carbocycles. The molecule has 0 N–H and O–H groups in total. The van der Waals surface area contributed by atoms with Crippen LogP contribution in [0.4, 0.5) is 0 Å². The SMILES string of the molecule is CS[C@H]1CC[C@@]2(C)C(=CC[C@@H]3[C@H]4CC[C@@H]([C@@H](C)CCCC(C)C)[C@@]4(C)CC[C@H]32)C1. The van der Waals surface area contributed by atoms with E-state index in [0.717, 1.165) is 40.8 Å². The van der Waals surface area contributed by atoms with Crippen LogP contribution >= 0.6 is 11.8 Å². The molecule has 29 heavy (non-hydrogen) atoms. The van der Waals surface area contributed by atoms with Crippen molar-refractivity contribution in [2.75, 3.05) is 6.26 Å². The fraction of sp³-hybridized carbons (Fsp3) is 0.929. The van der Waals surface area contributed by atoms with Crippen molar-refractivity contribution < 1.29 is 0 Å². The number of thioether (sulfide) groups is 1. The Morgan fingerprint density at radius 2 is 1.79 bits per heavy atom. The first-order valence-corrected chi connectivity index (χ1v) is 14.3. The second-order valence-corrected chi connectivity index (χ2v) is 13.5. The molecule has 0 spiro atoms. The van der Waals surface area contributed by atoms with Gasteiger partial charge >= 0.3 is 0 Å². The third-order valence-electron chi connectivity index (χ3n) is 10.6. The Kier molecular flexibility index (Phi) is 6.57. The lowest BCUT2D eigenvalue weighted by Gasteiger charge is -2.58. The molecule has 0 radical (unpaired) electrons. The summed E-state index contributed by atoms with van der Waals surface area (Å²) in [5.74, 6) is 5.77. The first-order chi connectivity index (χ1) is 13.8. The van der Waals surface area contributed by atoms with Crippen LogP contribution in [0.2, 0.25) is 0 Å². The summed E-state index contributed by atoms with van der Waals surface area (Å²) in [6.45, 7) is 12.8. The van der Waals surface area contributed by atoms with Gasteiger partial charge in [0.25, 0.3) is 0 Å². The first-order valence-electron chi connectivity index (χ1n) is 13.0. The average Bonchev–Trinajstić information content (AvgIpc) is 3.04. The highest BCUT2D eigenvalue weighted by atomic mass is 32.2. The van der Waals surface area contributed by atoms with Crippen LogP contribution in [0.5, 0.6) is 0 Å². The van der Waals surface area contributed by atoms with E-state index in [2.05, 4.69) is 58.7 Å². The zero-order valence-electron chi connectivity index (χ0n) is 20.3. The molecule has 0 aromatic rings. The third kappa shape index (κ3) is 3.89. The first kappa shape index (κ1) is 22.3. The molecular weight excluding hydrogens is 368 g/mol. The van der Waals surface area contributed by atoms with Crippen LogP contribution in [-0.4, -0.2) is 11.5 Å². The molecule has 0 aliphatic heterocycles. The summed E-state index contributed by atoms with van der Waals surface area (Å²) in [6.07, 6.45) is 21.2. The molecule has 1 heteroatoms. The van der Waals surface area contributed by atoms with E-state index in [0.29, 0.717) is 10.8 Å². The third-order valence-corrected chi connectivity index (χ3v) is 11.7.